The second-order valence-electron chi connectivity index (χ2n) is 17.3. The van der Waals surface area contributed by atoms with Crippen LogP contribution in [0, 0.1) is 0 Å². The van der Waals surface area contributed by atoms with Gasteiger partial charge in [0.25, 0.3) is 0 Å². The van der Waals surface area contributed by atoms with Crippen LogP contribution in [0.1, 0.15) is 58.4 Å². The summed E-state index contributed by atoms with van der Waals surface area (Å²) in [4.78, 5) is 10.2. The molecule has 0 aliphatic heterocycles. The van der Waals surface area contributed by atoms with Crippen molar-refractivity contribution in [2.75, 3.05) is 0 Å². The lowest BCUT2D eigenvalue weighted by Crippen LogP contribution is -2.30. The van der Waals surface area contributed by atoms with Crippen LogP contribution < -0.4 is 0 Å². The molecule has 286 valence electrons. The number of hydrogen-bond donors (Lipinski definition) is 0. The van der Waals surface area contributed by atoms with Crippen LogP contribution in [0.5, 0.6) is 0 Å². The molecule has 0 saturated carbocycles. The van der Waals surface area contributed by atoms with Crippen LogP contribution in [0.3, 0.4) is 0 Å². The van der Waals surface area contributed by atoms with Gasteiger partial charge in [0, 0.05) is 22.6 Å². The molecule has 0 N–H and O–H groups in total. The van der Waals surface area contributed by atoms with Crippen LogP contribution in [-0.4, -0.2) is 14.5 Å². The fourth-order valence-corrected chi connectivity index (χ4v) is 11.1. The molecule has 1 spiro atoms. The lowest BCUT2D eigenvalue weighted by molar-refractivity contribution is 0.660. The van der Waals surface area contributed by atoms with Crippen LogP contribution in [0.25, 0.3) is 84.5 Å². The van der Waals surface area contributed by atoms with E-state index in [9.17, 15) is 0 Å². The number of pyridine rings is 2. The minimum Gasteiger partial charge on any atom is -0.292 e. The fraction of sp³-hybridized carbons (Fsp3) is 0.0690. The summed E-state index contributed by atoms with van der Waals surface area (Å²) < 4.78 is 2.24. The van der Waals surface area contributed by atoms with Crippen molar-refractivity contribution in [3.05, 3.63) is 233 Å². The molecule has 3 aliphatic carbocycles. The first-order chi connectivity index (χ1) is 30.0. The van der Waals surface area contributed by atoms with E-state index in [0.29, 0.717) is 0 Å². The summed E-state index contributed by atoms with van der Waals surface area (Å²) in [5, 5.41) is 1.10. The van der Waals surface area contributed by atoms with Crippen LogP contribution in [0.15, 0.2) is 188 Å². The standard InChI is InChI=1S/C58H39N3/c1-57(2)47-20-10-7-17-41(47)43-35-51-44(34-50(43)57)42-18-8-11-21-48(42)58(51)46-19-9-6-14-36(46)23-24-37-25-26-40(33-49(37)58)39-27-29-53-45(32-39)56-54(61(53)55-22-12-13-31-59-55)30-28-52(60-56)38-15-4-3-5-16-38/h3-35H,1-2H3. The van der Waals surface area contributed by atoms with Gasteiger partial charge in [0.05, 0.1) is 27.7 Å². The summed E-state index contributed by atoms with van der Waals surface area (Å²) in [5.74, 6) is 0.873. The van der Waals surface area contributed by atoms with Crippen LogP contribution >= 0.6 is 0 Å². The molecule has 13 rings (SSSR count). The van der Waals surface area contributed by atoms with Crippen molar-refractivity contribution in [2.45, 2.75) is 24.7 Å². The van der Waals surface area contributed by atoms with Gasteiger partial charge in [0.2, 0.25) is 0 Å². The van der Waals surface area contributed by atoms with Gasteiger partial charge < -0.3 is 0 Å². The van der Waals surface area contributed by atoms with E-state index < -0.39 is 5.41 Å². The first-order valence-electron chi connectivity index (χ1n) is 21.2. The van der Waals surface area contributed by atoms with Gasteiger partial charge in [-0.1, -0.05) is 153 Å². The third-order valence-corrected chi connectivity index (χ3v) is 13.9. The van der Waals surface area contributed by atoms with E-state index in [1.54, 1.807) is 0 Å². The molecule has 0 saturated heterocycles. The number of rotatable bonds is 3. The molecule has 3 nitrogen and oxygen atoms in total. The van der Waals surface area contributed by atoms with E-state index in [1.165, 1.54) is 72.3 Å². The topological polar surface area (TPSA) is 30.7 Å². The molecule has 3 aromatic heterocycles. The van der Waals surface area contributed by atoms with Crippen LogP contribution in [0.4, 0.5) is 0 Å². The van der Waals surface area contributed by atoms with E-state index in [1.807, 2.05) is 18.3 Å². The Morgan fingerprint density at radius 3 is 1.89 bits per heavy atom. The third kappa shape index (κ3) is 4.63. The number of benzene rings is 7. The Kier molecular flexibility index (Phi) is 6.99. The summed E-state index contributed by atoms with van der Waals surface area (Å²) in [6, 6.07) is 67.2. The molecule has 1 atom stereocenters. The van der Waals surface area contributed by atoms with Crippen molar-refractivity contribution in [3.63, 3.8) is 0 Å². The van der Waals surface area contributed by atoms with E-state index in [2.05, 4.69) is 200 Å². The van der Waals surface area contributed by atoms with E-state index in [4.69, 9.17) is 9.97 Å². The molecule has 0 radical (unpaired) electrons. The molecule has 0 fully saturated rings. The van der Waals surface area contributed by atoms with Crippen molar-refractivity contribution in [2.24, 2.45) is 0 Å². The summed E-state index contributed by atoms with van der Waals surface area (Å²) >= 11 is 0. The molecule has 0 bridgehead atoms. The Hall–Kier alpha value is -7.62. The summed E-state index contributed by atoms with van der Waals surface area (Å²) in [5.41, 5.74) is 22.6. The average Bonchev–Trinajstić information content (AvgIpc) is 3.84. The van der Waals surface area contributed by atoms with Gasteiger partial charge in [-0.2, -0.15) is 0 Å². The smallest absolute Gasteiger partial charge is 0.137 e. The quantitative estimate of drug-likeness (QED) is 0.179. The molecule has 7 aromatic carbocycles. The number of aromatic nitrogens is 3. The molecule has 1 unspecified atom stereocenters. The van der Waals surface area contributed by atoms with Gasteiger partial charge in [-0.05, 0) is 132 Å². The second-order valence-corrected chi connectivity index (χ2v) is 17.3. The number of fused-ring (bicyclic) bond motifs is 15. The molecular weight excluding hydrogens is 739 g/mol. The molecule has 3 aliphatic rings. The van der Waals surface area contributed by atoms with E-state index in [-0.39, 0.29) is 5.41 Å². The van der Waals surface area contributed by atoms with Crippen molar-refractivity contribution >= 4 is 34.1 Å². The fourth-order valence-electron chi connectivity index (χ4n) is 11.1. The van der Waals surface area contributed by atoms with Crippen molar-refractivity contribution in [3.8, 4) is 50.5 Å². The predicted octanol–water partition coefficient (Wildman–Crippen LogP) is 14.1. The SMILES string of the molecule is CC1(C)c2ccccc2-c2cc3c(cc21)-c1ccccc1C31c2ccccc2C=Cc2ccc(-c3ccc4c(c3)c3nc(-c5ccccc5)ccc3n4-c3ccccn3)cc21. The van der Waals surface area contributed by atoms with Gasteiger partial charge in [0.1, 0.15) is 5.82 Å². The predicted molar refractivity (Wildman–Crippen MR) is 251 cm³/mol. The minimum atomic E-state index is -0.556. The lowest BCUT2D eigenvalue weighted by Gasteiger charge is -2.36. The van der Waals surface area contributed by atoms with Crippen molar-refractivity contribution in [1.82, 2.24) is 14.5 Å². The van der Waals surface area contributed by atoms with E-state index in [0.717, 1.165) is 44.6 Å². The van der Waals surface area contributed by atoms with E-state index >= 15 is 0 Å². The van der Waals surface area contributed by atoms with Gasteiger partial charge in [-0.3, -0.25) is 4.57 Å². The van der Waals surface area contributed by atoms with Gasteiger partial charge in [0.15, 0.2) is 0 Å². The van der Waals surface area contributed by atoms with Gasteiger partial charge >= 0.3 is 0 Å². The first kappa shape index (κ1) is 34.3. The highest BCUT2D eigenvalue weighted by Gasteiger charge is 2.50. The zero-order chi connectivity index (χ0) is 40.5. The third-order valence-electron chi connectivity index (χ3n) is 13.9. The maximum Gasteiger partial charge on any atom is 0.137 e. The van der Waals surface area contributed by atoms with Crippen LogP contribution in [-0.2, 0) is 10.8 Å². The molecule has 3 heterocycles. The van der Waals surface area contributed by atoms with Gasteiger partial charge in [-0.25, -0.2) is 9.97 Å². The Labute approximate surface area is 355 Å². The largest absolute Gasteiger partial charge is 0.292 e. The monoisotopic (exact) mass is 777 g/mol. The highest BCUT2D eigenvalue weighted by Crippen LogP contribution is 2.62. The van der Waals surface area contributed by atoms with Crippen LogP contribution in [0.2, 0.25) is 0 Å². The Morgan fingerprint density at radius 2 is 1.07 bits per heavy atom. The maximum absolute atomic E-state index is 5.37. The lowest BCUT2D eigenvalue weighted by atomic mass is 9.65. The zero-order valence-corrected chi connectivity index (χ0v) is 33.9. The highest BCUT2D eigenvalue weighted by atomic mass is 15.1. The number of hydrogen-bond acceptors (Lipinski definition) is 2. The molecule has 3 heteroatoms. The normalized spacial score (nSPS) is 16.2. The highest BCUT2D eigenvalue weighted by molar-refractivity contribution is 6.09. The maximum atomic E-state index is 5.37. The Bertz CT molecular complexity index is 3500. The first-order valence-corrected chi connectivity index (χ1v) is 21.2. The summed E-state index contributed by atoms with van der Waals surface area (Å²) in [6.07, 6.45) is 6.51. The summed E-state index contributed by atoms with van der Waals surface area (Å²) in [7, 11) is 0. The second kappa shape index (κ2) is 12.5. The molecular formula is C58H39N3. The number of nitrogens with zero attached hydrogens (tertiary/aromatic N) is 3. The Morgan fingerprint density at radius 1 is 0.426 bits per heavy atom. The average molecular weight is 778 g/mol. The van der Waals surface area contributed by atoms with Crippen molar-refractivity contribution in [1.29, 1.82) is 0 Å². The van der Waals surface area contributed by atoms with Gasteiger partial charge in [-0.15, -0.1) is 0 Å². The molecule has 61 heavy (non-hydrogen) atoms. The zero-order valence-electron chi connectivity index (χ0n) is 33.9. The molecule has 10 aromatic rings. The Balaban J connectivity index is 1.08. The molecule has 0 amide bonds. The minimum absolute atomic E-state index is 0.102. The summed E-state index contributed by atoms with van der Waals surface area (Å²) in [6.45, 7) is 4.77. The van der Waals surface area contributed by atoms with Crippen molar-refractivity contribution < 1.29 is 0 Å².